The van der Waals surface area contributed by atoms with Gasteiger partial charge in [0.2, 0.25) is 0 Å². The van der Waals surface area contributed by atoms with Gasteiger partial charge >= 0.3 is 0 Å². The summed E-state index contributed by atoms with van der Waals surface area (Å²) in [5, 5.41) is 8.58. The Morgan fingerprint density at radius 2 is 2.14 bits per heavy atom. The zero-order valence-electron chi connectivity index (χ0n) is 8.44. The van der Waals surface area contributed by atoms with Gasteiger partial charge in [0.1, 0.15) is 0 Å². The Labute approximate surface area is 85.3 Å². The second-order valence-electron chi connectivity index (χ2n) is 3.65. The first-order chi connectivity index (χ1) is 6.56. The summed E-state index contributed by atoms with van der Waals surface area (Å²) in [4.78, 5) is 0. The molecule has 0 atom stereocenters. The lowest BCUT2D eigenvalue weighted by Gasteiger charge is -2.28. The molecule has 0 amide bonds. The zero-order chi connectivity index (χ0) is 10.6. The molecule has 1 fully saturated rings. The van der Waals surface area contributed by atoms with Crippen molar-refractivity contribution >= 4 is 10.2 Å². The molecule has 1 saturated carbocycles. The fourth-order valence-electron chi connectivity index (χ4n) is 1.24. The molecule has 0 bridgehead atoms. The van der Waals surface area contributed by atoms with Crippen LogP contribution in [-0.2, 0) is 10.2 Å². The normalized spacial score (nSPS) is 18.5. The van der Waals surface area contributed by atoms with Crippen molar-refractivity contribution in [2.75, 3.05) is 20.2 Å². The van der Waals surface area contributed by atoms with E-state index < -0.39 is 10.2 Å². The van der Waals surface area contributed by atoms with E-state index in [0.717, 1.165) is 19.3 Å². The van der Waals surface area contributed by atoms with Crippen LogP contribution < -0.4 is 4.72 Å². The van der Waals surface area contributed by atoms with E-state index in [-0.39, 0.29) is 12.6 Å². The third-order valence-electron chi connectivity index (χ3n) is 2.46. The van der Waals surface area contributed by atoms with Crippen molar-refractivity contribution in [3.63, 3.8) is 0 Å². The van der Waals surface area contributed by atoms with Crippen LogP contribution in [0.4, 0.5) is 0 Å². The molecule has 0 aromatic heterocycles. The number of nitrogens with zero attached hydrogens (tertiary/aromatic N) is 1. The number of hydrogen-bond donors (Lipinski definition) is 2. The highest BCUT2D eigenvalue weighted by molar-refractivity contribution is 7.87. The maximum Gasteiger partial charge on any atom is 0.279 e. The fourth-order valence-corrected chi connectivity index (χ4v) is 2.45. The van der Waals surface area contributed by atoms with Crippen LogP contribution in [0.15, 0.2) is 0 Å². The minimum absolute atomic E-state index is 0.0172. The molecule has 5 nitrogen and oxygen atoms in total. The van der Waals surface area contributed by atoms with Gasteiger partial charge in [-0.2, -0.15) is 17.4 Å². The Morgan fingerprint density at radius 1 is 1.50 bits per heavy atom. The third kappa shape index (κ3) is 3.20. The van der Waals surface area contributed by atoms with Gasteiger partial charge in [-0.3, -0.25) is 0 Å². The molecule has 1 rings (SSSR count). The van der Waals surface area contributed by atoms with Crippen LogP contribution in [-0.4, -0.2) is 44.1 Å². The number of aliphatic hydroxyl groups is 1. The summed E-state index contributed by atoms with van der Waals surface area (Å²) < 4.78 is 27.0. The van der Waals surface area contributed by atoms with Crippen LogP contribution in [0.3, 0.4) is 0 Å². The summed E-state index contributed by atoms with van der Waals surface area (Å²) in [7, 11) is -1.80. The molecule has 0 aromatic carbocycles. The molecule has 6 heteroatoms. The zero-order valence-corrected chi connectivity index (χ0v) is 9.26. The predicted molar refractivity (Wildman–Crippen MR) is 54.0 cm³/mol. The smallest absolute Gasteiger partial charge is 0.279 e. The molecule has 0 unspecified atom stereocenters. The van der Waals surface area contributed by atoms with Gasteiger partial charge in [-0.25, -0.2) is 0 Å². The third-order valence-corrected chi connectivity index (χ3v) is 4.10. The summed E-state index contributed by atoms with van der Waals surface area (Å²) in [6.07, 6.45) is 3.45. The van der Waals surface area contributed by atoms with E-state index >= 15 is 0 Å². The van der Waals surface area contributed by atoms with Crippen molar-refractivity contribution in [1.82, 2.24) is 9.03 Å². The lowest BCUT2D eigenvalue weighted by Crippen LogP contribution is -2.46. The molecule has 0 spiro atoms. The molecule has 1 aliphatic rings. The van der Waals surface area contributed by atoms with Crippen LogP contribution in [0.2, 0.25) is 0 Å². The molecule has 2 N–H and O–H groups in total. The summed E-state index contributed by atoms with van der Waals surface area (Å²) in [5.41, 5.74) is 0. The predicted octanol–water partition coefficient (Wildman–Crippen LogP) is -0.313. The van der Waals surface area contributed by atoms with Crippen LogP contribution >= 0.6 is 0 Å². The molecule has 0 radical (unpaired) electrons. The maximum absolute atomic E-state index is 11.6. The lowest BCUT2D eigenvalue weighted by atomic mass is 9.94. The molecule has 1 aliphatic carbocycles. The largest absolute Gasteiger partial charge is 0.396 e. The first-order valence-corrected chi connectivity index (χ1v) is 6.34. The van der Waals surface area contributed by atoms with Crippen molar-refractivity contribution < 1.29 is 13.5 Å². The van der Waals surface area contributed by atoms with Gasteiger partial charge in [-0.1, -0.05) is 6.42 Å². The van der Waals surface area contributed by atoms with Gasteiger partial charge in [0.25, 0.3) is 10.2 Å². The number of nitrogens with one attached hydrogen (secondary N) is 1. The van der Waals surface area contributed by atoms with E-state index in [4.69, 9.17) is 5.11 Å². The van der Waals surface area contributed by atoms with Gasteiger partial charge in [0.15, 0.2) is 0 Å². The van der Waals surface area contributed by atoms with E-state index in [0.29, 0.717) is 13.0 Å². The van der Waals surface area contributed by atoms with E-state index in [1.165, 1.54) is 11.4 Å². The fraction of sp³-hybridized carbons (Fsp3) is 1.00. The lowest BCUT2D eigenvalue weighted by molar-refractivity contribution is 0.274. The van der Waals surface area contributed by atoms with Gasteiger partial charge in [0, 0.05) is 26.2 Å². The second kappa shape index (κ2) is 5.06. The van der Waals surface area contributed by atoms with Crippen molar-refractivity contribution in [2.45, 2.75) is 31.7 Å². The van der Waals surface area contributed by atoms with Gasteiger partial charge in [-0.15, -0.1) is 0 Å². The molecule has 0 saturated heterocycles. The van der Waals surface area contributed by atoms with Gasteiger partial charge in [0.05, 0.1) is 0 Å². The van der Waals surface area contributed by atoms with Crippen LogP contribution in [0.5, 0.6) is 0 Å². The van der Waals surface area contributed by atoms with Crippen LogP contribution in [0.1, 0.15) is 25.7 Å². The monoisotopic (exact) mass is 222 g/mol. The second-order valence-corrected chi connectivity index (χ2v) is 5.46. The topological polar surface area (TPSA) is 69.6 Å². The first kappa shape index (κ1) is 11.9. The summed E-state index contributed by atoms with van der Waals surface area (Å²) in [5.74, 6) is 0. The molecular weight excluding hydrogens is 204 g/mol. The molecule has 0 aromatic rings. The van der Waals surface area contributed by atoms with Crippen molar-refractivity contribution in [3.8, 4) is 0 Å². The average Bonchev–Trinajstić information content (AvgIpc) is 2.07. The van der Waals surface area contributed by atoms with E-state index in [2.05, 4.69) is 4.72 Å². The Balaban J connectivity index is 2.37. The number of aliphatic hydroxyl groups excluding tert-OH is 1. The van der Waals surface area contributed by atoms with Crippen LogP contribution in [0, 0.1) is 0 Å². The summed E-state index contributed by atoms with van der Waals surface area (Å²) in [6.45, 7) is 0.377. The standard InChI is InChI=1S/C8H18N2O3S/c1-10(6-3-7-11)14(12,13)9-8-4-2-5-8/h8-9,11H,2-7H2,1H3. The van der Waals surface area contributed by atoms with E-state index in [1.54, 1.807) is 0 Å². The summed E-state index contributed by atoms with van der Waals surface area (Å²) >= 11 is 0. The Morgan fingerprint density at radius 3 is 2.57 bits per heavy atom. The molecule has 84 valence electrons. The SMILES string of the molecule is CN(CCCO)S(=O)(=O)NC1CCC1. The molecule has 14 heavy (non-hydrogen) atoms. The molecule has 0 aliphatic heterocycles. The molecule has 0 heterocycles. The Hall–Kier alpha value is -0.170. The first-order valence-electron chi connectivity index (χ1n) is 4.90. The minimum atomic E-state index is -3.32. The van der Waals surface area contributed by atoms with E-state index in [1.807, 2.05) is 0 Å². The summed E-state index contributed by atoms with van der Waals surface area (Å²) in [6, 6.07) is 0.122. The Bertz CT molecular complexity index is 262. The van der Waals surface area contributed by atoms with Crippen LogP contribution in [0.25, 0.3) is 0 Å². The highest BCUT2D eigenvalue weighted by atomic mass is 32.2. The average molecular weight is 222 g/mol. The number of hydrogen-bond acceptors (Lipinski definition) is 3. The van der Waals surface area contributed by atoms with Crippen molar-refractivity contribution in [1.29, 1.82) is 0 Å². The maximum atomic E-state index is 11.6. The minimum Gasteiger partial charge on any atom is -0.396 e. The van der Waals surface area contributed by atoms with Crippen molar-refractivity contribution in [2.24, 2.45) is 0 Å². The van der Waals surface area contributed by atoms with E-state index in [9.17, 15) is 8.42 Å². The highest BCUT2D eigenvalue weighted by Gasteiger charge is 2.25. The van der Waals surface area contributed by atoms with Gasteiger partial charge in [-0.05, 0) is 19.3 Å². The molecular formula is C8H18N2O3S. The highest BCUT2D eigenvalue weighted by Crippen LogP contribution is 2.19. The van der Waals surface area contributed by atoms with Gasteiger partial charge < -0.3 is 5.11 Å². The number of rotatable bonds is 6. The Kier molecular flexibility index (Phi) is 4.31. The quantitative estimate of drug-likeness (QED) is 0.647. The van der Waals surface area contributed by atoms with Crippen molar-refractivity contribution in [3.05, 3.63) is 0 Å².